The van der Waals surface area contributed by atoms with Gasteiger partial charge in [0.25, 0.3) is 6.47 Å². The smallest absolute Gasteiger partial charge is 0.338 e. The number of ketones is 1. The molecular weight excluding hydrogens is 536 g/mol. The Morgan fingerprint density at radius 2 is 1.78 bits per heavy atom. The van der Waals surface area contributed by atoms with Gasteiger partial charge in [-0.2, -0.15) is 0 Å². The second-order valence-corrected chi connectivity index (χ2v) is 12.4. The third-order valence-corrected chi connectivity index (χ3v) is 10.1. The molecule has 4 aliphatic rings. The third-order valence-electron chi connectivity index (χ3n) is 10.1. The molecule has 1 aromatic carbocycles. The summed E-state index contributed by atoms with van der Waals surface area (Å²) in [5.74, 6) is -3.63. The van der Waals surface area contributed by atoms with Crippen LogP contribution in [0.5, 0.6) is 0 Å². The van der Waals surface area contributed by atoms with Crippen LogP contribution in [-0.4, -0.2) is 87.8 Å². The van der Waals surface area contributed by atoms with Crippen LogP contribution in [0.25, 0.3) is 0 Å². The normalized spacial score (nSPS) is 41.0. The van der Waals surface area contributed by atoms with E-state index in [1.54, 1.807) is 39.0 Å². The molecule has 0 aromatic heterocycles. The summed E-state index contributed by atoms with van der Waals surface area (Å²) in [6.07, 6.45) is -7.25. The van der Waals surface area contributed by atoms with Crippen LogP contribution in [0.3, 0.4) is 0 Å². The molecule has 3 N–H and O–H groups in total. The van der Waals surface area contributed by atoms with E-state index in [-0.39, 0.29) is 37.1 Å². The number of carbonyl (C=O) groups excluding carboxylic acids is 4. The van der Waals surface area contributed by atoms with Gasteiger partial charge in [-0.25, -0.2) is 4.79 Å². The number of fused-ring (bicyclic) bond motifs is 5. The van der Waals surface area contributed by atoms with Gasteiger partial charge in [-0.15, -0.1) is 0 Å². The SMILES string of the molecule is CC(=O)O[C@@]12CO[C@@H]1C[C@H](O)[C@@]1(C)C(=O)[C@H](OC=O)C3=C(C)[C@@H](O)C[C@@](O)([C@@H](OC(=O)c4ccccc4)[C@H]21)C3(C)C. The minimum atomic E-state index is -2.10. The van der Waals surface area contributed by atoms with Crippen LogP contribution in [0.15, 0.2) is 41.5 Å². The predicted molar refractivity (Wildman–Crippen MR) is 140 cm³/mol. The average molecular weight is 573 g/mol. The molecule has 0 amide bonds. The fraction of sp³-hybridized carbons (Fsp3) is 0.600. The van der Waals surface area contributed by atoms with Crippen molar-refractivity contribution in [1.29, 1.82) is 0 Å². The van der Waals surface area contributed by atoms with Crippen molar-refractivity contribution in [3.8, 4) is 0 Å². The maximum atomic E-state index is 14.6. The largest absolute Gasteiger partial charge is 0.455 e. The molecule has 222 valence electrons. The molecule has 11 nitrogen and oxygen atoms in total. The van der Waals surface area contributed by atoms with E-state index in [9.17, 15) is 34.5 Å². The van der Waals surface area contributed by atoms with Crippen molar-refractivity contribution in [2.75, 3.05) is 6.61 Å². The lowest BCUT2D eigenvalue weighted by Crippen LogP contribution is -2.81. The number of benzene rings is 1. The molecule has 41 heavy (non-hydrogen) atoms. The lowest BCUT2D eigenvalue weighted by atomic mass is 9.44. The number of hydrogen-bond acceptors (Lipinski definition) is 11. The highest BCUT2D eigenvalue weighted by Crippen LogP contribution is 2.64. The second kappa shape index (κ2) is 9.72. The van der Waals surface area contributed by atoms with Crippen molar-refractivity contribution in [3.05, 3.63) is 47.0 Å². The molecule has 9 atom stereocenters. The standard InChI is InChI=1S/C30H36O11/c1-15-18(33)12-30(37)25(40-26(36)17-9-7-6-8-10-17)23-28(5,24(35)22(39-14-31)21(15)27(30,3)4)19(34)11-20-29(23,13-38-20)41-16(2)32/h6-10,14,18-20,22-23,25,33-34,37H,11-13H2,1-5H3/t18-,19-,20+,22+,23-,25-,28+,29-,30+/m0/s1. The van der Waals surface area contributed by atoms with Gasteiger partial charge >= 0.3 is 11.9 Å². The van der Waals surface area contributed by atoms with E-state index >= 15 is 0 Å². The molecule has 5 rings (SSSR count). The first-order valence-corrected chi connectivity index (χ1v) is 13.7. The van der Waals surface area contributed by atoms with Crippen molar-refractivity contribution in [1.82, 2.24) is 0 Å². The summed E-state index contributed by atoms with van der Waals surface area (Å²) < 4.78 is 23.2. The number of carbonyl (C=O) groups is 4. The molecule has 3 fully saturated rings. The van der Waals surface area contributed by atoms with Gasteiger partial charge in [-0.05, 0) is 37.1 Å². The van der Waals surface area contributed by atoms with E-state index in [4.69, 9.17) is 18.9 Å². The van der Waals surface area contributed by atoms with Crippen LogP contribution < -0.4 is 0 Å². The summed E-state index contributed by atoms with van der Waals surface area (Å²) in [6, 6.07) is 8.04. The van der Waals surface area contributed by atoms with Gasteiger partial charge < -0.3 is 34.3 Å². The zero-order valence-electron chi connectivity index (χ0n) is 23.7. The van der Waals surface area contributed by atoms with E-state index in [1.165, 1.54) is 26.0 Å². The number of hydrogen-bond donors (Lipinski definition) is 3. The minimum absolute atomic E-state index is 0.109. The zero-order chi connectivity index (χ0) is 30.1. The molecule has 0 radical (unpaired) electrons. The summed E-state index contributed by atoms with van der Waals surface area (Å²) in [5, 5.41) is 35.6. The van der Waals surface area contributed by atoms with Crippen LogP contribution >= 0.6 is 0 Å². The highest BCUT2D eigenvalue weighted by molar-refractivity contribution is 5.95. The number of aliphatic hydroxyl groups is 3. The fourth-order valence-electron chi connectivity index (χ4n) is 7.81. The van der Waals surface area contributed by atoms with Crippen LogP contribution in [0, 0.1) is 16.7 Å². The van der Waals surface area contributed by atoms with Crippen LogP contribution in [-0.2, 0) is 33.3 Å². The lowest BCUT2D eigenvalue weighted by molar-refractivity contribution is -0.345. The molecule has 1 aromatic rings. The maximum absolute atomic E-state index is 14.6. The molecule has 1 saturated heterocycles. The molecule has 0 spiro atoms. The summed E-state index contributed by atoms with van der Waals surface area (Å²) >= 11 is 0. The number of esters is 2. The number of ether oxygens (including phenoxy) is 4. The van der Waals surface area contributed by atoms with Gasteiger partial charge in [0.05, 0.1) is 35.7 Å². The summed E-state index contributed by atoms with van der Waals surface area (Å²) in [6.45, 7) is 7.35. The van der Waals surface area contributed by atoms with Gasteiger partial charge in [-0.3, -0.25) is 14.4 Å². The minimum Gasteiger partial charge on any atom is -0.455 e. The van der Waals surface area contributed by atoms with Gasteiger partial charge in [0.2, 0.25) is 0 Å². The van der Waals surface area contributed by atoms with Crippen molar-refractivity contribution >= 4 is 24.2 Å². The molecule has 1 heterocycles. The van der Waals surface area contributed by atoms with Crippen molar-refractivity contribution in [2.24, 2.45) is 16.7 Å². The van der Waals surface area contributed by atoms with Crippen LogP contribution in [0.2, 0.25) is 0 Å². The molecule has 0 unspecified atom stereocenters. The number of aliphatic hydroxyl groups excluding tert-OH is 2. The lowest BCUT2D eigenvalue weighted by Gasteiger charge is -2.67. The first kappa shape index (κ1) is 29.4. The summed E-state index contributed by atoms with van der Waals surface area (Å²) in [7, 11) is 0. The Morgan fingerprint density at radius 1 is 1.12 bits per heavy atom. The molecule has 11 heteroatoms. The highest BCUT2D eigenvalue weighted by Gasteiger charge is 2.78. The number of rotatable bonds is 5. The highest BCUT2D eigenvalue weighted by atomic mass is 16.6. The quantitative estimate of drug-likeness (QED) is 0.201. The van der Waals surface area contributed by atoms with Crippen molar-refractivity contribution in [2.45, 2.75) is 89.2 Å². The number of Topliss-reactive ketones (excluding diaryl/α,β-unsaturated/α-hetero) is 1. The van der Waals surface area contributed by atoms with Crippen molar-refractivity contribution in [3.63, 3.8) is 0 Å². The van der Waals surface area contributed by atoms with Crippen molar-refractivity contribution < 1.29 is 53.4 Å². The average Bonchev–Trinajstić information content (AvgIpc) is 2.91. The Labute approximate surface area is 237 Å². The molecule has 1 aliphatic heterocycles. The van der Waals surface area contributed by atoms with Gasteiger partial charge in [-0.1, -0.05) is 32.0 Å². The summed E-state index contributed by atoms with van der Waals surface area (Å²) in [4.78, 5) is 52.6. The Morgan fingerprint density at radius 3 is 2.34 bits per heavy atom. The molecule has 2 saturated carbocycles. The molecular formula is C30H36O11. The van der Waals surface area contributed by atoms with E-state index in [2.05, 4.69) is 0 Å². The Balaban J connectivity index is 1.83. The Hall–Kier alpha value is -3.12. The Kier molecular flexibility index (Phi) is 6.97. The molecule has 2 bridgehead atoms. The second-order valence-electron chi connectivity index (χ2n) is 12.4. The third kappa shape index (κ3) is 3.93. The zero-order valence-corrected chi connectivity index (χ0v) is 23.7. The maximum Gasteiger partial charge on any atom is 0.338 e. The predicted octanol–water partition coefficient (Wildman–Crippen LogP) is 1.26. The fourth-order valence-corrected chi connectivity index (χ4v) is 7.81. The van der Waals surface area contributed by atoms with Gasteiger partial charge in [0.1, 0.15) is 17.8 Å². The Bertz CT molecular complexity index is 1300. The topological polar surface area (TPSA) is 166 Å². The van der Waals surface area contributed by atoms with E-state index in [1.807, 2.05) is 0 Å². The van der Waals surface area contributed by atoms with Gasteiger partial charge in [0.15, 0.2) is 17.5 Å². The first-order chi connectivity index (χ1) is 19.2. The molecule has 3 aliphatic carbocycles. The van der Waals surface area contributed by atoms with E-state index in [0.29, 0.717) is 5.57 Å². The van der Waals surface area contributed by atoms with Gasteiger partial charge in [0, 0.05) is 25.2 Å². The van der Waals surface area contributed by atoms with E-state index < -0.39 is 76.2 Å². The van der Waals surface area contributed by atoms with E-state index in [0.717, 1.165) is 0 Å². The van der Waals surface area contributed by atoms with Crippen LogP contribution in [0.1, 0.15) is 57.8 Å². The monoisotopic (exact) mass is 572 g/mol. The summed E-state index contributed by atoms with van der Waals surface area (Å²) in [5.41, 5.74) is -6.36. The first-order valence-electron chi connectivity index (χ1n) is 13.7. The van der Waals surface area contributed by atoms with Crippen LogP contribution in [0.4, 0.5) is 0 Å².